The van der Waals surface area contributed by atoms with E-state index in [2.05, 4.69) is 0 Å². The van der Waals surface area contributed by atoms with Crippen LogP contribution in [0.25, 0.3) is 0 Å². The number of benzene rings is 2. The van der Waals surface area contributed by atoms with Crippen LogP contribution >= 0.6 is 0 Å². The second-order valence-corrected chi connectivity index (χ2v) is 5.24. The van der Waals surface area contributed by atoms with Gasteiger partial charge in [0.2, 0.25) is 5.91 Å². The number of carbonyl (C=O) groups is 2. The van der Waals surface area contributed by atoms with Gasteiger partial charge in [-0.3, -0.25) is 4.79 Å². The van der Waals surface area contributed by atoms with E-state index in [1.54, 1.807) is 36.2 Å². The fourth-order valence-electron chi connectivity index (χ4n) is 2.20. The molecular weight excluding hydrogens is 278 g/mol. The number of aromatic carboxylic acids is 1. The lowest BCUT2D eigenvalue weighted by Crippen LogP contribution is -2.26. The molecule has 0 aliphatic carbocycles. The molecule has 0 saturated heterocycles. The Hall–Kier alpha value is -2.62. The minimum absolute atomic E-state index is 0.0752. The predicted octanol–water partition coefficient (Wildman–Crippen LogP) is 2.98. The summed E-state index contributed by atoms with van der Waals surface area (Å²) in [7, 11) is 1.79. The van der Waals surface area contributed by atoms with Gasteiger partial charge in [-0.15, -0.1) is 0 Å². The van der Waals surface area contributed by atoms with E-state index in [1.165, 1.54) is 0 Å². The zero-order chi connectivity index (χ0) is 15.9. The van der Waals surface area contributed by atoms with E-state index < -0.39 is 5.97 Å². The average molecular weight is 297 g/mol. The molecule has 4 nitrogen and oxygen atoms in total. The Morgan fingerprint density at radius 1 is 0.955 bits per heavy atom. The summed E-state index contributed by atoms with van der Waals surface area (Å²) < 4.78 is 0. The first-order valence-electron chi connectivity index (χ1n) is 7.16. The van der Waals surface area contributed by atoms with E-state index in [-0.39, 0.29) is 11.5 Å². The van der Waals surface area contributed by atoms with E-state index in [0.29, 0.717) is 19.4 Å². The first-order valence-corrected chi connectivity index (χ1v) is 7.16. The standard InChI is InChI=1S/C18H19NO3/c1-19(13-15-5-3-2-4-6-15)17(20)12-9-14-7-10-16(11-8-14)18(21)22/h2-8,10-11H,9,12-13H2,1H3,(H,21,22). The van der Waals surface area contributed by atoms with Gasteiger partial charge in [0.1, 0.15) is 0 Å². The van der Waals surface area contributed by atoms with Gasteiger partial charge in [0, 0.05) is 20.0 Å². The molecule has 0 spiro atoms. The quantitative estimate of drug-likeness (QED) is 0.891. The van der Waals surface area contributed by atoms with Crippen LogP contribution in [0.3, 0.4) is 0 Å². The Balaban J connectivity index is 1.85. The first-order chi connectivity index (χ1) is 10.6. The van der Waals surface area contributed by atoms with Crippen molar-refractivity contribution in [3.05, 3.63) is 71.3 Å². The third-order valence-corrected chi connectivity index (χ3v) is 3.52. The van der Waals surface area contributed by atoms with Crippen LogP contribution in [0, 0.1) is 0 Å². The van der Waals surface area contributed by atoms with Crippen molar-refractivity contribution < 1.29 is 14.7 Å². The molecule has 0 aromatic heterocycles. The number of amides is 1. The Kier molecular flexibility index (Phi) is 5.31. The molecule has 0 aliphatic rings. The lowest BCUT2D eigenvalue weighted by molar-refractivity contribution is -0.130. The molecule has 0 bridgehead atoms. The number of carboxylic acid groups (broad SMARTS) is 1. The molecule has 0 unspecified atom stereocenters. The molecule has 4 heteroatoms. The number of hydrogen-bond acceptors (Lipinski definition) is 2. The van der Waals surface area contributed by atoms with Gasteiger partial charge in [-0.25, -0.2) is 4.79 Å². The van der Waals surface area contributed by atoms with Crippen molar-refractivity contribution in [1.29, 1.82) is 0 Å². The SMILES string of the molecule is CN(Cc1ccccc1)C(=O)CCc1ccc(C(=O)O)cc1. The van der Waals surface area contributed by atoms with Crippen LogP contribution in [-0.2, 0) is 17.8 Å². The van der Waals surface area contributed by atoms with Crippen LogP contribution in [0.4, 0.5) is 0 Å². The first kappa shape index (κ1) is 15.8. The third kappa shape index (κ3) is 4.45. The molecule has 0 atom stereocenters. The topological polar surface area (TPSA) is 57.6 Å². The maximum Gasteiger partial charge on any atom is 0.335 e. The second-order valence-electron chi connectivity index (χ2n) is 5.24. The van der Waals surface area contributed by atoms with Crippen LogP contribution in [0.15, 0.2) is 54.6 Å². The van der Waals surface area contributed by atoms with Gasteiger partial charge in [0.05, 0.1) is 5.56 Å². The van der Waals surface area contributed by atoms with Crippen LogP contribution in [0.2, 0.25) is 0 Å². The maximum absolute atomic E-state index is 12.1. The van der Waals surface area contributed by atoms with Crippen molar-refractivity contribution in [2.75, 3.05) is 7.05 Å². The van der Waals surface area contributed by atoms with Gasteiger partial charge >= 0.3 is 5.97 Å². The lowest BCUT2D eigenvalue weighted by Gasteiger charge is -2.17. The Bertz CT molecular complexity index is 635. The normalized spacial score (nSPS) is 10.2. The number of carboxylic acids is 1. The lowest BCUT2D eigenvalue weighted by atomic mass is 10.1. The molecule has 0 aliphatic heterocycles. The highest BCUT2D eigenvalue weighted by molar-refractivity contribution is 5.87. The Labute approximate surface area is 130 Å². The van der Waals surface area contributed by atoms with Gasteiger partial charge in [-0.05, 0) is 29.7 Å². The van der Waals surface area contributed by atoms with E-state index >= 15 is 0 Å². The van der Waals surface area contributed by atoms with Crippen molar-refractivity contribution in [2.24, 2.45) is 0 Å². The molecule has 1 N–H and O–H groups in total. The summed E-state index contributed by atoms with van der Waals surface area (Å²) >= 11 is 0. The third-order valence-electron chi connectivity index (χ3n) is 3.52. The van der Waals surface area contributed by atoms with E-state index in [1.807, 2.05) is 30.3 Å². The van der Waals surface area contributed by atoms with Crippen LogP contribution < -0.4 is 0 Å². The van der Waals surface area contributed by atoms with Gasteiger partial charge < -0.3 is 10.0 Å². The van der Waals surface area contributed by atoms with Crippen LogP contribution in [-0.4, -0.2) is 28.9 Å². The second kappa shape index (κ2) is 7.41. The number of carbonyl (C=O) groups excluding carboxylic acids is 1. The highest BCUT2D eigenvalue weighted by atomic mass is 16.4. The van der Waals surface area contributed by atoms with Crippen LogP contribution in [0.5, 0.6) is 0 Å². The number of hydrogen-bond donors (Lipinski definition) is 1. The van der Waals surface area contributed by atoms with Crippen molar-refractivity contribution in [3.8, 4) is 0 Å². The summed E-state index contributed by atoms with van der Waals surface area (Å²) in [6.07, 6.45) is 1.02. The molecule has 2 aromatic rings. The smallest absolute Gasteiger partial charge is 0.335 e. The number of rotatable bonds is 6. The van der Waals surface area contributed by atoms with Crippen molar-refractivity contribution >= 4 is 11.9 Å². The minimum atomic E-state index is -0.940. The minimum Gasteiger partial charge on any atom is -0.478 e. The van der Waals surface area contributed by atoms with Crippen LogP contribution in [0.1, 0.15) is 27.9 Å². The van der Waals surface area contributed by atoms with Crippen molar-refractivity contribution in [2.45, 2.75) is 19.4 Å². The Morgan fingerprint density at radius 2 is 1.59 bits per heavy atom. The number of nitrogens with zero attached hydrogens (tertiary/aromatic N) is 1. The monoisotopic (exact) mass is 297 g/mol. The van der Waals surface area contributed by atoms with Crippen molar-refractivity contribution in [1.82, 2.24) is 4.90 Å². The average Bonchev–Trinajstić information content (AvgIpc) is 2.53. The molecule has 0 fully saturated rings. The fourth-order valence-corrected chi connectivity index (χ4v) is 2.20. The predicted molar refractivity (Wildman–Crippen MR) is 84.6 cm³/mol. The zero-order valence-corrected chi connectivity index (χ0v) is 12.5. The molecule has 0 heterocycles. The summed E-state index contributed by atoms with van der Waals surface area (Å²) in [5, 5.41) is 8.85. The van der Waals surface area contributed by atoms with Gasteiger partial charge in [-0.2, -0.15) is 0 Å². The molecular formula is C18H19NO3. The Morgan fingerprint density at radius 3 is 2.18 bits per heavy atom. The van der Waals surface area contributed by atoms with Gasteiger partial charge in [-0.1, -0.05) is 42.5 Å². The number of aryl methyl sites for hydroxylation is 1. The zero-order valence-electron chi connectivity index (χ0n) is 12.5. The molecule has 1 amide bonds. The molecule has 0 radical (unpaired) electrons. The van der Waals surface area contributed by atoms with Crippen molar-refractivity contribution in [3.63, 3.8) is 0 Å². The molecule has 22 heavy (non-hydrogen) atoms. The molecule has 114 valence electrons. The largest absolute Gasteiger partial charge is 0.478 e. The molecule has 2 aromatic carbocycles. The molecule has 2 rings (SSSR count). The van der Waals surface area contributed by atoms with E-state index in [4.69, 9.17) is 5.11 Å². The van der Waals surface area contributed by atoms with E-state index in [0.717, 1.165) is 11.1 Å². The van der Waals surface area contributed by atoms with Gasteiger partial charge in [0.15, 0.2) is 0 Å². The summed E-state index contributed by atoms with van der Waals surface area (Å²) in [6.45, 7) is 0.595. The van der Waals surface area contributed by atoms with E-state index in [9.17, 15) is 9.59 Å². The summed E-state index contributed by atoms with van der Waals surface area (Å²) in [5.41, 5.74) is 2.33. The summed E-state index contributed by atoms with van der Waals surface area (Å²) in [5.74, 6) is -0.864. The molecule has 0 saturated carbocycles. The highest BCUT2D eigenvalue weighted by Gasteiger charge is 2.09. The maximum atomic E-state index is 12.1. The fraction of sp³-hybridized carbons (Fsp3) is 0.222. The summed E-state index contributed by atoms with van der Waals surface area (Å²) in [6, 6.07) is 16.5. The highest BCUT2D eigenvalue weighted by Crippen LogP contribution is 2.09. The summed E-state index contributed by atoms with van der Waals surface area (Å²) in [4.78, 5) is 24.6. The van der Waals surface area contributed by atoms with Gasteiger partial charge in [0.25, 0.3) is 0 Å².